The van der Waals surface area contributed by atoms with Gasteiger partial charge in [-0.1, -0.05) is 90.2 Å². The molecule has 142 valence electrons. The van der Waals surface area contributed by atoms with Crippen molar-refractivity contribution < 1.29 is 29.4 Å². The van der Waals surface area contributed by atoms with E-state index in [1.165, 1.54) is 44.9 Å². The number of hydrogen-bond acceptors (Lipinski definition) is 3. The van der Waals surface area contributed by atoms with Gasteiger partial charge in [0, 0.05) is 32.3 Å². The molecule has 1 unspecified atom stereocenters. The normalized spacial score (nSPS) is 9.68. The summed E-state index contributed by atoms with van der Waals surface area (Å²) in [4.78, 5) is 10.1. The molecular formula is C18H32Br2N2O2Zn. The average molecular weight is 534 g/mol. The van der Waals surface area contributed by atoms with Crippen LogP contribution < -0.4 is 0 Å². The van der Waals surface area contributed by atoms with Crippen LogP contribution in [0.4, 0.5) is 0 Å². The van der Waals surface area contributed by atoms with E-state index in [9.17, 15) is 4.79 Å². The molecule has 0 rings (SSSR count). The molecular weight excluding hydrogens is 501 g/mol. The quantitative estimate of drug-likeness (QED) is 0.175. The SMILES string of the molecule is CBr.CCCCCCCCCCCC(=O)O.N#CCCC(Br)C#N.[Zn]. The number of hydrogen-bond donors (Lipinski definition) is 1. The van der Waals surface area contributed by atoms with Crippen molar-refractivity contribution in [2.24, 2.45) is 0 Å². The Morgan fingerprint density at radius 3 is 1.80 bits per heavy atom. The number of alkyl halides is 2. The van der Waals surface area contributed by atoms with Crippen molar-refractivity contribution in [3.63, 3.8) is 0 Å². The van der Waals surface area contributed by atoms with Crippen molar-refractivity contribution in [1.29, 1.82) is 10.5 Å². The molecule has 7 heteroatoms. The van der Waals surface area contributed by atoms with E-state index in [-0.39, 0.29) is 24.3 Å². The summed E-state index contributed by atoms with van der Waals surface area (Å²) in [6.07, 6.45) is 12.5. The van der Waals surface area contributed by atoms with Gasteiger partial charge in [0.15, 0.2) is 0 Å². The van der Waals surface area contributed by atoms with Crippen molar-refractivity contribution in [3.05, 3.63) is 0 Å². The van der Waals surface area contributed by atoms with Crippen LogP contribution in [0.2, 0.25) is 0 Å². The molecule has 0 aliphatic heterocycles. The van der Waals surface area contributed by atoms with Crippen LogP contribution in [-0.2, 0) is 24.3 Å². The van der Waals surface area contributed by atoms with Gasteiger partial charge in [-0.2, -0.15) is 10.5 Å². The molecule has 0 saturated heterocycles. The maximum Gasteiger partial charge on any atom is 0.303 e. The molecule has 0 saturated carbocycles. The fourth-order valence-electron chi connectivity index (χ4n) is 1.84. The van der Waals surface area contributed by atoms with Crippen LogP contribution in [0.25, 0.3) is 0 Å². The monoisotopic (exact) mass is 530 g/mol. The first-order chi connectivity index (χ1) is 11.6. The van der Waals surface area contributed by atoms with Crippen LogP contribution in [0, 0.1) is 22.7 Å². The van der Waals surface area contributed by atoms with Crippen LogP contribution in [0.15, 0.2) is 0 Å². The maximum absolute atomic E-state index is 10.2. The number of carboxylic acids is 1. The Balaban J connectivity index is -0.000000172. The number of nitrogens with zero attached hydrogens (tertiary/aromatic N) is 2. The zero-order chi connectivity index (χ0) is 19.1. The number of rotatable bonds is 12. The van der Waals surface area contributed by atoms with Gasteiger partial charge in [-0.05, 0) is 18.7 Å². The fraction of sp³-hybridized carbons (Fsp3) is 0.833. The Hall–Kier alpha value is 0.0334. The largest absolute Gasteiger partial charge is 0.481 e. The topological polar surface area (TPSA) is 84.9 Å². The summed E-state index contributed by atoms with van der Waals surface area (Å²) in [5.74, 6) is 1.15. The van der Waals surface area contributed by atoms with Gasteiger partial charge < -0.3 is 5.11 Å². The molecule has 0 heterocycles. The second-order valence-electron chi connectivity index (χ2n) is 5.27. The molecule has 25 heavy (non-hydrogen) atoms. The Kier molecular flexibility index (Phi) is 41.5. The second kappa shape index (κ2) is 31.8. The van der Waals surface area contributed by atoms with Gasteiger partial charge in [0.2, 0.25) is 0 Å². The summed E-state index contributed by atoms with van der Waals surface area (Å²) in [6.45, 7) is 2.23. The van der Waals surface area contributed by atoms with E-state index in [2.05, 4.69) is 38.8 Å². The predicted molar refractivity (Wildman–Crippen MR) is 108 cm³/mol. The molecule has 0 bridgehead atoms. The molecule has 4 nitrogen and oxygen atoms in total. The molecule has 1 N–H and O–H groups in total. The molecule has 0 aromatic carbocycles. The molecule has 0 radical (unpaired) electrons. The summed E-state index contributed by atoms with van der Waals surface area (Å²) in [7, 11) is 0. The summed E-state index contributed by atoms with van der Waals surface area (Å²) >= 11 is 6.00. The number of halogens is 2. The Morgan fingerprint density at radius 2 is 1.44 bits per heavy atom. The van der Waals surface area contributed by atoms with Crippen molar-refractivity contribution in [2.45, 2.75) is 88.8 Å². The molecule has 0 aliphatic rings. The third kappa shape index (κ3) is 40.2. The van der Waals surface area contributed by atoms with Crippen LogP contribution in [0.1, 0.15) is 84.0 Å². The summed E-state index contributed by atoms with van der Waals surface area (Å²) < 4.78 is 0. The number of aliphatic carboxylic acids is 1. The second-order valence-corrected chi connectivity index (χ2v) is 6.37. The maximum atomic E-state index is 10.2. The minimum absolute atomic E-state index is 0. The molecule has 0 aromatic rings. The van der Waals surface area contributed by atoms with Gasteiger partial charge >= 0.3 is 5.97 Å². The van der Waals surface area contributed by atoms with Crippen LogP contribution in [0.5, 0.6) is 0 Å². The first-order valence-electron chi connectivity index (χ1n) is 8.58. The van der Waals surface area contributed by atoms with Crippen LogP contribution in [-0.4, -0.2) is 21.7 Å². The summed E-state index contributed by atoms with van der Waals surface area (Å²) in [5.41, 5.74) is 0. The van der Waals surface area contributed by atoms with Crippen LogP contribution in [0.3, 0.4) is 0 Å². The first kappa shape index (κ1) is 32.7. The number of carbonyl (C=O) groups is 1. The van der Waals surface area contributed by atoms with Gasteiger partial charge in [-0.3, -0.25) is 4.79 Å². The van der Waals surface area contributed by atoms with Crippen LogP contribution >= 0.6 is 31.9 Å². The standard InChI is InChI=1S/C12H24O2.C5H5BrN2.CH3Br.Zn/c1-2-3-4-5-6-7-8-9-10-11-12(13)14;6-5(4-8)2-1-3-7;1-2;/h2-11H2,1H3,(H,13,14);5H,1-2H2;1H3;. The predicted octanol–water partition coefficient (Wildman–Crippen LogP) is 6.58. The smallest absolute Gasteiger partial charge is 0.303 e. The molecule has 0 aromatic heterocycles. The van der Waals surface area contributed by atoms with E-state index in [0.717, 1.165) is 12.8 Å². The molecule has 1 atom stereocenters. The Morgan fingerprint density at radius 1 is 1.00 bits per heavy atom. The zero-order valence-corrected chi connectivity index (χ0v) is 21.9. The Bertz CT molecular complexity index is 345. The zero-order valence-electron chi connectivity index (χ0n) is 15.8. The van der Waals surface area contributed by atoms with Crippen molar-refractivity contribution >= 4 is 37.8 Å². The van der Waals surface area contributed by atoms with Crippen molar-refractivity contribution in [2.75, 3.05) is 5.83 Å². The van der Waals surface area contributed by atoms with Gasteiger partial charge in [-0.15, -0.1) is 0 Å². The van der Waals surface area contributed by atoms with Gasteiger partial charge in [0.25, 0.3) is 0 Å². The number of unbranched alkanes of at least 4 members (excludes halogenated alkanes) is 8. The summed E-state index contributed by atoms with van der Waals surface area (Å²) in [6, 6.07) is 3.92. The average Bonchev–Trinajstić information content (AvgIpc) is 2.60. The first-order valence-corrected chi connectivity index (χ1v) is 11.1. The van der Waals surface area contributed by atoms with Crippen molar-refractivity contribution in [1.82, 2.24) is 0 Å². The van der Waals surface area contributed by atoms with E-state index in [1.54, 1.807) is 0 Å². The van der Waals surface area contributed by atoms with Gasteiger partial charge in [0.05, 0.1) is 12.1 Å². The molecule has 0 fully saturated rings. The third-order valence-electron chi connectivity index (χ3n) is 3.14. The minimum Gasteiger partial charge on any atom is -0.481 e. The van der Waals surface area contributed by atoms with E-state index < -0.39 is 5.97 Å². The van der Waals surface area contributed by atoms with Gasteiger partial charge in [-0.25, -0.2) is 0 Å². The third-order valence-corrected chi connectivity index (χ3v) is 3.81. The Labute approximate surface area is 183 Å². The van der Waals surface area contributed by atoms with Crippen molar-refractivity contribution in [3.8, 4) is 12.1 Å². The molecule has 0 amide bonds. The van der Waals surface area contributed by atoms with E-state index in [0.29, 0.717) is 19.3 Å². The van der Waals surface area contributed by atoms with E-state index in [1.807, 2.05) is 18.0 Å². The van der Waals surface area contributed by atoms with E-state index >= 15 is 0 Å². The fourth-order valence-corrected chi connectivity index (χ4v) is 2.07. The number of nitriles is 2. The number of carboxylic acid groups (broad SMARTS) is 1. The van der Waals surface area contributed by atoms with Gasteiger partial charge in [0.1, 0.15) is 4.83 Å². The molecule has 0 aliphatic carbocycles. The summed E-state index contributed by atoms with van der Waals surface area (Å²) in [5, 5.41) is 24.6. The molecule has 0 spiro atoms. The van der Waals surface area contributed by atoms with E-state index in [4.69, 9.17) is 15.6 Å². The minimum atomic E-state index is -0.659.